The van der Waals surface area contributed by atoms with E-state index >= 15 is 0 Å². The Kier molecular flexibility index (Phi) is 5.52. The number of rotatable bonds is 7. The molecule has 2 N–H and O–H groups in total. The minimum absolute atomic E-state index is 0.0722. The number of nitrogens with one attached hydrogen (secondary N) is 1. The number of carboxylic acids is 1. The van der Waals surface area contributed by atoms with E-state index in [0.29, 0.717) is 6.54 Å². The Balaban J connectivity index is 2.25. The van der Waals surface area contributed by atoms with Crippen LogP contribution in [0, 0.1) is 0 Å². The van der Waals surface area contributed by atoms with Crippen LogP contribution in [0.3, 0.4) is 0 Å². The van der Waals surface area contributed by atoms with E-state index in [0.717, 1.165) is 0 Å². The van der Waals surface area contributed by atoms with Crippen LogP contribution in [0.1, 0.15) is 34.3 Å². The van der Waals surface area contributed by atoms with E-state index in [2.05, 4.69) is 15.5 Å². The molecule has 0 aliphatic rings. The van der Waals surface area contributed by atoms with Crippen LogP contribution in [0.15, 0.2) is 18.5 Å². The molecular formula is C15H20N6O4. The number of hydrogen-bond donors (Lipinski definition) is 2. The van der Waals surface area contributed by atoms with E-state index in [1.54, 1.807) is 14.1 Å². The van der Waals surface area contributed by atoms with Crippen molar-refractivity contribution in [2.75, 3.05) is 19.4 Å². The molecule has 2 aromatic rings. The molecule has 2 rings (SSSR count). The summed E-state index contributed by atoms with van der Waals surface area (Å²) in [5.74, 6) is -1.76. The Bertz CT molecular complexity index is 792. The predicted molar refractivity (Wildman–Crippen MR) is 88.4 cm³/mol. The van der Waals surface area contributed by atoms with E-state index < -0.39 is 11.9 Å². The fraction of sp³-hybridized carbons (Fsp3) is 0.400. The molecular weight excluding hydrogens is 328 g/mol. The van der Waals surface area contributed by atoms with Crippen molar-refractivity contribution in [2.45, 2.75) is 26.4 Å². The lowest BCUT2D eigenvalue weighted by atomic mass is 10.3. The van der Waals surface area contributed by atoms with Gasteiger partial charge < -0.3 is 15.3 Å². The van der Waals surface area contributed by atoms with Crippen molar-refractivity contribution in [3.05, 3.63) is 29.8 Å². The monoisotopic (exact) mass is 348 g/mol. The number of carbonyl (C=O) groups is 3. The third-order valence-electron chi connectivity index (χ3n) is 3.48. The van der Waals surface area contributed by atoms with Crippen molar-refractivity contribution in [1.29, 1.82) is 0 Å². The van der Waals surface area contributed by atoms with Gasteiger partial charge in [-0.05, 0) is 13.0 Å². The minimum Gasteiger partial charge on any atom is -0.481 e. The van der Waals surface area contributed by atoms with Crippen molar-refractivity contribution >= 4 is 23.5 Å². The number of aryl methyl sites for hydroxylation is 2. The van der Waals surface area contributed by atoms with Gasteiger partial charge in [0.1, 0.15) is 11.4 Å². The Morgan fingerprint density at radius 1 is 1.24 bits per heavy atom. The summed E-state index contributed by atoms with van der Waals surface area (Å²) < 4.78 is 2.81. The van der Waals surface area contributed by atoms with Gasteiger partial charge >= 0.3 is 5.97 Å². The standard InChI is InChI=1S/C15H20N6O4/c1-4-20-13(15(25)19(2)3)10(9-17-20)18-14(24)11-5-7-16-21(11)8-6-12(22)23/h5,7,9H,4,6,8H2,1-3H3,(H,18,24)(H,22,23). The van der Waals surface area contributed by atoms with Crippen LogP contribution < -0.4 is 5.32 Å². The predicted octanol–water partition coefficient (Wildman–Crippen LogP) is 0.528. The highest BCUT2D eigenvalue weighted by Crippen LogP contribution is 2.18. The second-order valence-corrected chi connectivity index (χ2v) is 5.46. The highest BCUT2D eigenvalue weighted by molar-refractivity contribution is 6.07. The van der Waals surface area contributed by atoms with Crippen LogP contribution in [0.5, 0.6) is 0 Å². The van der Waals surface area contributed by atoms with Crippen molar-refractivity contribution in [2.24, 2.45) is 0 Å². The average Bonchev–Trinajstić information content (AvgIpc) is 3.18. The summed E-state index contributed by atoms with van der Waals surface area (Å²) >= 11 is 0. The summed E-state index contributed by atoms with van der Waals surface area (Å²) in [7, 11) is 3.23. The summed E-state index contributed by atoms with van der Waals surface area (Å²) in [6.07, 6.45) is 2.67. The zero-order valence-electron chi connectivity index (χ0n) is 14.3. The first-order valence-corrected chi connectivity index (χ1v) is 7.67. The largest absolute Gasteiger partial charge is 0.481 e. The van der Waals surface area contributed by atoms with E-state index in [9.17, 15) is 14.4 Å². The Labute approximate surface area is 144 Å². The van der Waals surface area contributed by atoms with Crippen LogP contribution in [0.2, 0.25) is 0 Å². The minimum atomic E-state index is -0.982. The van der Waals surface area contributed by atoms with Gasteiger partial charge in [-0.2, -0.15) is 10.2 Å². The molecule has 0 unspecified atom stereocenters. The summed E-state index contributed by atoms with van der Waals surface area (Å²) in [5, 5.41) is 19.5. The Morgan fingerprint density at radius 2 is 1.96 bits per heavy atom. The van der Waals surface area contributed by atoms with Crippen molar-refractivity contribution < 1.29 is 19.5 Å². The molecule has 0 aliphatic carbocycles. The Hall–Kier alpha value is -3.17. The third-order valence-corrected chi connectivity index (χ3v) is 3.48. The first kappa shape index (κ1) is 18.2. The zero-order valence-corrected chi connectivity index (χ0v) is 14.3. The number of carbonyl (C=O) groups excluding carboxylic acids is 2. The maximum atomic E-state index is 12.5. The molecule has 2 aromatic heterocycles. The maximum Gasteiger partial charge on any atom is 0.305 e. The lowest BCUT2D eigenvalue weighted by Gasteiger charge is -2.13. The van der Waals surface area contributed by atoms with Gasteiger partial charge in [0, 0.05) is 26.8 Å². The summed E-state index contributed by atoms with van der Waals surface area (Å²) in [6, 6.07) is 1.48. The molecule has 0 bridgehead atoms. The molecule has 10 heteroatoms. The molecule has 134 valence electrons. The first-order valence-electron chi connectivity index (χ1n) is 7.67. The molecule has 2 amide bonds. The molecule has 0 saturated carbocycles. The van der Waals surface area contributed by atoms with Gasteiger partial charge in [0.2, 0.25) is 0 Å². The van der Waals surface area contributed by atoms with Crippen molar-refractivity contribution in [1.82, 2.24) is 24.5 Å². The second-order valence-electron chi connectivity index (χ2n) is 5.46. The summed E-state index contributed by atoms with van der Waals surface area (Å²) in [6.45, 7) is 2.39. The normalized spacial score (nSPS) is 10.5. The van der Waals surface area contributed by atoms with Gasteiger partial charge in [-0.3, -0.25) is 23.7 Å². The molecule has 0 fully saturated rings. The molecule has 0 saturated heterocycles. The Morgan fingerprint density at radius 3 is 2.56 bits per heavy atom. The van der Waals surface area contributed by atoms with E-state index in [1.807, 2.05) is 6.92 Å². The zero-order chi connectivity index (χ0) is 18.6. The first-order chi connectivity index (χ1) is 11.8. The highest BCUT2D eigenvalue weighted by Gasteiger charge is 2.22. The number of aliphatic carboxylic acids is 1. The summed E-state index contributed by atoms with van der Waals surface area (Å²) in [4.78, 5) is 36.9. The van der Waals surface area contributed by atoms with Gasteiger partial charge in [0.15, 0.2) is 0 Å². The third kappa shape index (κ3) is 4.03. The number of nitrogens with zero attached hydrogens (tertiary/aromatic N) is 5. The number of carboxylic acid groups (broad SMARTS) is 1. The lowest BCUT2D eigenvalue weighted by molar-refractivity contribution is -0.137. The molecule has 2 heterocycles. The molecule has 10 nitrogen and oxygen atoms in total. The molecule has 0 aromatic carbocycles. The second kappa shape index (κ2) is 7.60. The van der Waals surface area contributed by atoms with Crippen LogP contribution in [-0.2, 0) is 17.9 Å². The van der Waals surface area contributed by atoms with Gasteiger partial charge in [-0.1, -0.05) is 0 Å². The van der Waals surface area contributed by atoms with E-state index in [1.165, 1.54) is 32.7 Å². The van der Waals surface area contributed by atoms with Gasteiger partial charge in [-0.25, -0.2) is 0 Å². The number of aromatic nitrogens is 4. The number of amides is 2. The van der Waals surface area contributed by atoms with Gasteiger partial charge in [0.25, 0.3) is 11.8 Å². The lowest BCUT2D eigenvalue weighted by Crippen LogP contribution is -2.27. The average molecular weight is 348 g/mol. The van der Waals surface area contributed by atoms with E-state index in [4.69, 9.17) is 5.11 Å². The molecule has 0 atom stereocenters. The summed E-state index contributed by atoms with van der Waals surface area (Å²) in [5.41, 5.74) is 0.766. The fourth-order valence-electron chi connectivity index (χ4n) is 2.25. The van der Waals surface area contributed by atoms with Crippen LogP contribution in [0.4, 0.5) is 5.69 Å². The smallest absolute Gasteiger partial charge is 0.305 e. The molecule has 0 radical (unpaired) electrons. The van der Waals surface area contributed by atoms with E-state index in [-0.39, 0.29) is 35.9 Å². The van der Waals surface area contributed by atoms with Crippen LogP contribution >= 0.6 is 0 Å². The SMILES string of the molecule is CCn1ncc(NC(=O)c2ccnn2CCC(=O)O)c1C(=O)N(C)C. The maximum absolute atomic E-state index is 12.5. The quantitative estimate of drug-likeness (QED) is 0.752. The molecule has 0 spiro atoms. The molecule has 25 heavy (non-hydrogen) atoms. The number of anilines is 1. The van der Waals surface area contributed by atoms with Gasteiger partial charge in [0.05, 0.1) is 24.8 Å². The molecule has 0 aliphatic heterocycles. The number of hydrogen-bond acceptors (Lipinski definition) is 5. The van der Waals surface area contributed by atoms with Gasteiger partial charge in [-0.15, -0.1) is 0 Å². The van der Waals surface area contributed by atoms with Crippen molar-refractivity contribution in [3.8, 4) is 0 Å². The topological polar surface area (TPSA) is 122 Å². The fourth-order valence-corrected chi connectivity index (χ4v) is 2.25. The highest BCUT2D eigenvalue weighted by atomic mass is 16.4. The van der Waals surface area contributed by atoms with Crippen LogP contribution in [-0.4, -0.2) is 61.4 Å². The van der Waals surface area contributed by atoms with Crippen LogP contribution in [0.25, 0.3) is 0 Å². The van der Waals surface area contributed by atoms with Crippen molar-refractivity contribution in [3.63, 3.8) is 0 Å².